The Morgan fingerprint density at radius 3 is 2.33 bits per heavy atom. The molecule has 0 bridgehead atoms. The van der Waals surface area contributed by atoms with Crippen LogP contribution in [0.2, 0.25) is 10.0 Å². The molecule has 0 spiro atoms. The number of pyridine rings is 1. The molecule has 1 aromatic carbocycles. The van der Waals surface area contributed by atoms with E-state index in [2.05, 4.69) is 10.1 Å². The normalized spacial score (nSPS) is 11.6. The average Bonchev–Trinajstić information content (AvgIpc) is 2.64. The van der Waals surface area contributed by atoms with Crippen molar-refractivity contribution in [3.8, 4) is 5.82 Å². The second kappa shape index (κ2) is 7.92. The molecule has 0 N–H and O–H groups in total. The van der Waals surface area contributed by atoms with E-state index in [-0.39, 0.29) is 10.8 Å². The number of alkyl halides is 3. The first kappa shape index (κ1) is 19.7. The number of benzene rings is 1. The first-order valence-corrected chi connectivity index (χ1v) is 9.18. The van der Waals surface area contributed by atoms with Gasteiger partial charge in [0.15, 0.2) is 5.82 Å². The quantitative estimate of drug-likeness (QED) is 0.529. The summed E-state index contributed by atoms with van der Waals surface area (Å²) < 4.78 is 38.7. The molecule has 3 rings (SSSR count). The molecule has 140 valence electrons. The number of aromatic nitrogens is 3. The standard InChI is InChI=1S/C17H10Cl2F3N3OS/c18-12-4-1-10(2-5-12)9-27-13-8-24-25(16(26)15(13)19)14-6-3-11(7-23-14)17(20,21)22/h1-8H,9H2. The first-order valence-electron chi connectivity index (χ1n) is 7.44. The predicted octanol–water partition coefficient (Wildman–Crippen LogP) is 5.25. The lowest BCUT2D eigenvalue weighted by Gasteiger charge is -2.09. The van der Waals surface area contributed by atoms with Gasteiger partial charge >= 0.3 is 6.18 Å². The number of rotatable bonds is 4. The van der Waals surface area contributed by atoms with Gasteiger partial charge in [-0.15, -0.1) is 11.8 Å². The molecule has 0 radical (unpaired) electrons. The van der Waals surface area contributed by atoms with E-state index in [9.17, 15) is 18.0 Å². The predicted molar refractivity (Wildman–Crippen MR) is 98.7 cm³/mol. The van der Waals surface area contributed by atoms with E-state index in [1.54, 1.807) is 12.1 Å². The Morgan fingerprint density at radius 1 is 1.04 bits per heavy atom. The molecule has 3 aromatic rings. The van der Waals surface area contributed by atoms with Crippen molar-refractivity contribution in [3.63, 3.8) is 0 Å². The molecule has 27 heavy (non-hydrogen) atoms. The molecule has 0 unspecified atom stereocenters. The van der Waals surface area contributed by atoms with Crippen LogP contribution >= 0.6 is 35.0 Å². The van der Waals surface area contributed by atoms with Crippen LogP contribution in [0.15, 0.2) is 58.5 Å². The van der Waals surface area contributed by atoms with Gasteiger partial charge in [-0.3, -0.25) is 4.79 Å². The van der Waals surface area contributed by atoms with Crippen molar-refractivity contribution in [1.82, 2.24) is 14.8 Å². The van der Waals surface area contributed by atoms with Crippen molar-refractivity contribution in [2.24, 2.45) is 0 Å². The van der Waals surface area contributed by atoms with Gasteiger partial charge in [-0.1, -0.05) is 35.3 Å². The summed E-state index contributed by atoms with van der Waals surface area (Å²) >= 11 is 13.3. The molecule has 0 aliphatic heterocycles. The van der Waals surface area contributed by atoms with Crippen molar-refractivity contribution in [3.05, 3.63) is 80.3 Å². The minimum absolute atomic E-state index is 0.0517. The Bertz CT molecular complexity index is 1010. The van der Waals surface area contributed by atoms with Crippen molar-refractivity contribution in [1.29, 1.82) is 0 Å². The van der Waals surface area contributed by atoms with Crippen LogP contribution in [-0.4, -0.2) is 14.8 Å². The van der Waals surface area contributed by atoms with Gasteiger partial charge in [0.1, 0.15) is 5.02 Å². The van der Waals surface area contributed by atoms with Crippen LogP contribution in [-0.2, 0) is 11.9 Å². The van der Waals surface area contributed by atoms with Gasteiger partial charge in [0.25, 0.3) is 5.56 Å². The second-order valence-electron chi connectivity index (χ2n) is 5.36. The maximum absolute atomic E-state index is 12.6. The summed E-state index contributed by atoms with van der Waals surface area (Å²) in [4.78, 5) is 16.5. The molecule has 10 heteroatoms. The highest BCUT2D eigenvalue weighted by Gasteiger charge is 2.30. The molecule has 0 saturated carbocycles. The van der Waals surface area contributed by atoms with Crippen LogP contribution in [0.5, 0.6) is 0 Å². The minimum atomic E-state index is -4.51. The number of halogens is 5. The summed E-state index contributed by atoms with van der Waals surface area (Å²) in [5, 5.41) is 4.50. The van der Waals surface area contributed by atoms with E-state index in [0.29, 0.717) is 21.9 Å². The van der Waals surface area contributed by atoms with Crippen LogP contribution in [0.1, 0.15) is 11.1 Å². The zero-order valence-corrected chi connectivity index (χ0v) is 15.7. The van der Waals surface area contributed by atoms with Crippen molar-refractivity contribution in [2.45, 2.75) is 16.8 Å². The molecular formula is C17H10Cl2F3N3OS. The number of nitrogens with zero attached hydrogens (tertiary/aromatic N) is 3. The lowest BCUT2D eigenvalue weighted by atomic mass is 10.2. The highest BCUT2D eigenvalue weighted by atomic mass is 35.5. The number of hydrogen-bond acceptors (Lipinski definition) is 4. The molecule has 2 heterocycles. The summed E-state index contributed by atoms with van der Waals surface area (Å²) in [5.74, 6) is 0.491. The van der Waals surface area contributed by atoms with Gasteiger partial charge < -0.3 is 0 Å². The summed E-state index contributed by atoms with van der Waals surface area (Å²) in [5.41, 5.74) is -0.598. The monoisotopic (exact) mass is 431 g/mol. The van der Waals surface area contributed by atoms with E-state index in [4.69, 9.17) is 23.2 Å². The highest BCUT2D eigenvalue weighted by molar-refractivity contribution is 7.98. The minimum Gasteiger partial charge on any atom is -0.266 e. The Balaban J connectivity index is 1.82. The molecule has 0 saturated heterocycles. The summed E-state index contributed by atoms with van der Waals surface area (Å²) in [6, 6.07) is 9.10. The Labute approximate surface area is 166 Å². The van der Waals surface area contributed by atoms with E-state index < -0.39 is 17.3 Å². The van der Waals surface area contributed by atoms with Gasteiger partial charge in [0.2, 0.25) is 0 Å². The van der Waals surface area contributed by atoms with Gasteiger partial charge in [0, 0.05) is 17.0 Å². The molecule has 0 aliphatic carbocycles. The molecule has 0 fully saturated rings. The smallest absolute Gasteiger partial charge is 0.266 e. The van der Waals surface area contributed by atoms with Gasteiger partial charge in [-0.25, -0.2) is 4.98 Å². The fourth-order valence-electron chi connectivity index (χ4n) is 2.10. The zero-order valence-electron chi connectivity index (χ0n) is 13.4. The van der Waals surface area contributed by atoms with Crippen LogP contribution < -0.4 is 5.56 Å². The Hall–Kier alpha value is -2.03. The third-order valence-electron chi connectivity index (χ3n) is 3.49. The highest BCUT2D eigenvalue weighted by Crippen LogP contribution is 2.29. The van der Waals surface area contributed by atoms with Crippen LogP contribution in [0.4, 0.5) is 13.2 Å². The summed E-state index contributed by atoms with van der Waals surface area (Å²) in [7, 11) is 0. The Kier molecular flexibility index (Phi) is 5.78. The van der Waals surface area contributed by atoms with E-state index >= 15 is 0 Å². The molecule has 0 aliphatic rings. The second-order valence-corrected chi connectivity index (χ2v) is 7.19. The first-order chi connectivity index (χ1) is 12.8. The number of hydrogen-bond donors (Lipinski definition) is 0. The van der Waals surface area contributed by atoms with Crippen molar-refractivity contribution >= 4 is 35.0 Å². The van der Waals surface area contributed by atoms with Gasteiger partial charge in [-0.2, -0.15) is 23.0 Å². The SMILES string of the molecule is O=c1c(Cl)c(SCc2ccc(Cl)cc2)cnn1-c1ccc(C(F)(F)F)cn1. The number of thioether (sulfide) groups is 1. The largest absolute Gasteiger partial charge is 0.417 e. The van der Waals surface area contributed by atoms with Crippen LogP contribution in [0, 0.1) is 0 Å². The van der Waals surface area contributed by atoms with Crippen molar-refractivity contribution in [2.75, 3.05) is 0 Å². The lowest BCUT2D eigenvalue weighted by molar-refractivity contribution is -0.137. The van der Waals surface area contributed by atoms with E-state index in [1.165, 1.54) is 18.0 Å². The third-order valence-corrected chi connectivity index (χ3v) is 5.31. The maximum Gasteiger partial charge on any atom is 0.417 e. The van der Waals surface area contributed by atoms with E-state index in [1.807, 2.05) is 12.1 Å². The van der Waals surface area contributed by atoms with Gasteiger partial charge in [0.05, 0.1) is 16.7 Å². The molecular weight excluding hydrogens is 422 g/mol. The van der Waals surface area contributed by atoms with Crippen LogP contribution in [0.25, 0.3) is 5.82 Å². The molecule has 0 amide bonds. The van der Waals surface area contributed by atoms with E-state index in [0.717, 1.165) is 22.4 Å². The fraction of sp³-hybridized carbons (Fsp3) is 0.118. The zero-order chi connectivity index (χ0) is 19.6. The summed E-state index contributed by atoms with van der Waals surface area (Å²) in [6.07, 6.45) is -2.49. The Morgan fingerprint density at radius 2 is 1.74 bits per heavy atom. The maximum atomic E-state index is 12.6. The molecule has 4 nitrogen and oxygen atoms in total. The topological polar surface area (TPSA) is 47.8 Å². The average molecular weight is 432 g/mol. The molecule has 2 aromatic heterocycles. The third kappa shape index (κ3) is 4.63. The van der Waals surface area contributed by atoms with Crippen LogP contribution in [0.3, 0.4) is 0 Å². The van der Waals surface area contributed by atoms with Gasteiger partial charge in [-0.05, 0) is 29.8 Å². The molecule has 0 atom stereocenters. The summed E-state index contributed by atoms with van der Waals surface area (Å²) in [6.45, 7) is 0. The van der Waals surface area contributed by atoms with Crippen molar-refractivity contribution < 1.29 is 13.2 Å². The lowest BCUT2D eigenvalue weighted by Crippen LogP contribution is -2.23. The fourth-order valence-corrected chi connectivity index (χ4v) is 3.37.